The summed E-state index contributed by atoms with van der Waals surface area (Å²) in [6.07, 6.45) is 5.15. The third-order valence-electron chi connectivity index (χ3n) is 2.64. The minimum Gasteiger partial charge on any atom is -0.452 e. The van der Waals surface area contributed by atoms with Crippen molar-refractivity contribution in [1.29, 1.82) is 0 Å². The second kappa shape index (κ2) is 4.05. The molecular formula is C10H12ClNO2. The van der Waals surface area contributed by atoms with E-state index in [0.29, 0.717) is 11.5 Å². The van der Waals surface area contributed by atoms with Crippen molar-refractivity contribution in [2.45, 2.75) is 19.3 Å². The van der Waals surface area contributed by atoms with E-state index in [4.69, 9.17) is 16.0 Å². The molecule has 0 spiro atoms. The van der Waals surface area contributed by atoms with E-state index >= 15 is 0 Å². The summed E-state index contributed by atoms with van der Waals surface area (Å²) in [6.45, 7) is 0.750. The van der Waals surface area contributed by atoms with Gasteiger partial charge in [0.15, 0.2) is 0 Å². The monoisotopic (exact) mass is 213 g/mol. The van der Waals surface area contributed by atoms with E-state index in [0.717, 1.165) is 6.54 Å². The average Bonchev–Trinajstić information content (AvgIpc) is 2.48. The summed E-state index contributed by atoms with van der Waals surface area (Å²) in [4.78, 5) is 11.5. The van der Waals surface area contributed by atoms with Gasteiger partial charge < -0.3 is 9.73 Å². The van der Waals surface area contributed by atoms with Gasteiger partial charge in [-0.2, -0.15) is 0 Å². The molecule has 1 aliphatic rings. The van der Waals surface area contributed by atoms with E-state index in [9.17, 15) is 4.79 Å². The van der Waals surface area contributed by atoms with E-state index in [2.05, 4.69) is 5.32 Å². The highest BCUT2D eigenvalue weighted by Gasteiger charge is 2.19. The summed E-state index contributed by atoms with van der Waals surface area (Å²) >= 11 is 5.67. The first-order valence-electron chi connectivity index (χ1n) is 4.78. The van der Waals surface area contributed by atoms with E-state index in [1.165, 1.54) is 25.5 Å². The number of carbonyl (C=O) groups excluding carboxylic acids is 1. The normalized spacial score (nSPS) is 16.4. The molecule has 1 fully saturated rings. The number of hydrogen-bond acceptors (Lipinski definition) is 2. The first kappa shape index (κ1) is 9.59. The van der Waals surface area contributed by atoms with Gasteiger partial charge in [-0.25, -0.2) is 0 Å². The van der Waals surface area contributed by atoms with Crippen LogP contribution in [0, 0.1) is 5.92 Å². The molecule has 1 aliphatic carbocycles. The van der Waals surface area contributed by atoms with Gasteiger partial charge in [-0.15, -0.1) is 0 Å². The van der Waals surface area contributed by atoms with Crippen molar-refractivity contribution in [3.63, 3.8) is 0 Å². The minimum atomic E-state index is -0.143. The van der Waals surface area contributed by atoms with Crippen LogP contribution in [0.15, 0.2) is 16.7 Å². The molecule has 76 valence electrons. The van der Waals surface area contributed by atoms with E-state index in [-0.39, 0.29) is 11.1 Å². The smallest absolute Gasteiger partial charge is 0.256 e. The van der Waals surface area contributed by atoms with Crippen LogP contribution >= 0.6 is 11.6 Å². The minimum absolute atomic E-state index is 0.143. The molecule has 0 aromatic carbocycles. The third-order valence-corrected chi connectivity index (χ3v) is 2.93. The van der Waals surface area contributed by atoms with Crippen LogP contribution in [0.5, 0.6) is 0 Å². The predicted octanol–water partition coefficient (Wildman–Crippen LogP) is 2.46. The molecule has 0 atom stereocenters. The quantitative estimate of drug-likeness (QED) is 0.838. The van der Waals surface area contributed by atoms with Gasteiger partial charge >= 0.3 is 0 Å². The lowest BCUT2D eigenvalue weighted by Gasteiger charge is -2.25. The lowest BCUT2D eigenvalue weighted by Crippen LogP contribution is -2.32. The Balaban J connectivity index is 1.86. The zero-order valence-corrected chi connectivity index (χ0v) is 8.51. The van der Waals surface area contributed by atoms with Crippen molar-refractivity contribution in [3.8, 4) is 0 Å². The summed E-state index contributed by atoms with van der Waals surface area (Å²) in [6, 6.07) is 1.58. The summed E-state index contributed by atoms with van der Waals surface area (Å²) in [7, 11) is 0. The Hall–Kier alpha value is -0.960. The topological polar surface area (TPSA) is 42.2 Å². The van der Waals surface area contributed by atoms with Crippen LogP contribution in [0.25, 0.3) is 0 Å². The fraction of sp³-hybridized carbons (Fsp3) is 0.500. The highest BCUT2D eigenvalue weighted by molar-refractivity contribution is 6.32. The molecular weight excluding hydrogens is 202 g/mol. The van der Waals surface area contributed by atoms with Crippen LogP contribution in [0.4, 0.5) is 0 Å². The zero-order chi connectivity index (χ0) is 9.97. The standard InChI is InChI=1S/C10H12ClNO2/c11-9-8(4-5-14-9)10(13)12-6-7-2-1-3-7/h4-5,7H,1-3,6H2,(H,12,13). The first-order valence-corrected chi connectivity index (χ1v) is 5.16. The average molecular weight is 214 g/mol. The van der Waals surface area contributed by atoms with E-state index in [1.807, 2.05) is 0 Å². The Kier molecular flexibility index (Phi) is 2.77. The molecule has 1 saturated carbocycles. The van der Waals surface area contributed by atoms with Gasteiger partial charge in [0, 0.05) is 6.54 Å². The van der Waals surface area contributed by atoms with Crippen molar-refractivity contribution in [2.75, 3.05) is 6.54 Å². The van der Waals surface area contributed by atoms with Crippen LogP contribution in [0.1, 0.15) is 29.6 Å². The van der Waals surface area contributed by atoms with Gasteiger partial charge in [0.1, 0.15) is 0 Å². The summed E-state index contributed by atoms with van der Waals surface area (Å²) in [5.74, 6) is 0.514. The van der Waals surface area contributed by atoms with Crippen molar-refractivity contribution in [1.82, 2.24) is 5.32 Å². The fourth-order valence-corrected chi connectivity index (χ4v) is 1.69. The van der Waals surface area contributed by atoms with Gasteiger partial charge in [0.05, 0.1) is 11.8 Å². The maximum atomic E-state index is 11.5. The van der Waals surface area contributed by atoms with Crippen LogP contribution < -0.4 is 5.32 Å². The maximum absolute atomic E-state index is 11.5. The number of halogens is 1. The SMILES string of the molecule is O=C(NCC1CCC1)c1ccoc1Cl. The maximum Gasteiger partial charge on any atom is 0.256 e. The lowest BCUT2D eigenvalue weighted by atomic mass is 9.85. The van der Waals surface area contributed by atoms with Crippen molar-refractivity contribution in [2.24, 2.45) is 5.92 Å². The molecule has 0 saturated heterocycles. The summed E-state index contributed by atoms with van der Waals surface area (Å²) in [5.41, 5.74) is 0.422. The molecule has 1 aromatic heterocycles. The van der Waals surface area contributed by atoms with Gasteiger partial charge in [0.2, 0.25) is 5.22 Å². The van der Waals surface area contributed by atoms with Gasteiger partial charge in [-0.05, 0) is 36.4 Å². The third kappa shape index (κ3) is 1.93. The predicted molar refractivity (Wildman–Crippen MR) is 53.4 cm³/mol. The lowest BCUT2D eigenvalue weighted by molar-refractivity contribution is 0.0938. The molecule has 4 heteroatoms. The molecule has 1 N–H and O–H groups in total. The van der Waals surface area contributed by atoms with E-state index < -0.39 is 0 Å². The molecule has 3 nitrogen and oxygen atoms in total. The van der Waals surface area contributed by atoms with Gasteiger partial charge in [-0.3, -0.25) is 4.79 Å². The highest BCUT2D eigenvalue weighted by atomic mass is 35.5. The van der Waals surface area contributed by atoms with Crippen LogP contribution in [0.2, 0.25) is 5.22 Å². The Labute approximate surface area is 87.4 Å². The van der Waals surface area contributed by atoms with E-state index in [1.54, 1.807) is 6.07 Å². The first-order chi connectivity index (χ1) is 6.77. The number of hydrogen-bond donors (Lipinski definition) is 1. The summed E-state index contributed by atoms with van der Waals surface area (Å²) in [5, 5.41) is 3.01. The number of amides is 1. The Morgan fingerprint density at radius 1 is 1.64 bits per heavy atom. The van der Waals surface area contributed by atoms with Crippen molar-refractivity contribution < 1.29 is 9.21 Å². The molecule has 0 radical (unpaired) electrons. The molecule has 14 heavy (non-hydrogen) atoms. The largest absolute Gasteiger partial charge is 0.452 e. The van der Waals surface area contributed by atoms with Crippen LogP contribution in [-0.4, -0.2) is 12.5 Å². The second-order valence-corrected chi connectivity index (χ2v) is 3.96. The van der Waals surface area contributed by atoms with Crippen molar-refractivity contribution >= 4 is 17.5 Å². The molecule has 0 aliphatic heterocycles. The van der Waals surface area contributed by atoms with Crippen LogP contribution in [0.3, 0.4) is 0 Å². The number of nitrogens with one attached hydrogen (secondary N) is 1. The molecule has 1 amide bonds. The summed E-state index contributed by atoms with van der Waals surface area (Å²) < 4.78 is 4.84. The second-order valence-electron chi connectivity index (χ2n) is 3.61. The Morgan fingerprint density at radius 2 is 2.43 bits per heavy atom. The zero-order valence-electron chi connectivity index (χ0n) is 7.75. The number of rotatable bonds is 3. The van der Waals surface area contributed by atoms with Gasteiger partial charge in [-0.1, -0.05) is 6.42 Å². The molecule has 0 unspecified atom stereocenters. The fourth-order valence-electron chi connectivity index (χ4n) is 1.48. The molecule has 0 bridgehead atoms. The van der Waals surface area contributed by atoms with Gasteiger partial charge in [0.25, 0.3) is 5.91 Å². The number of furan rings is 1. The highest BCUT2D eigenvalue weighted by Crippen LogP contribution is 2.25. The van der Waals surface area contributed by atoms with Crippen molar-refractivity contribution in [3.05, 3.63) is 23.1 Å². The molecule has 2 rings (SSSR count). The Morgan fingerprint density at radius 3 is 2.93 bits per heavy atom. The molecule has 1 aromatic rings. The number of carbonyl (C=O) groups is 1. The Bertz CT molecular complexity index is 331. The molecule has 1 heterocycles. The van der Waals surface area contributed by atoms with Crippen LogP contribution in [-0.2, 0) is 0 Å².